The Kier molecular flexibility index (Phi) is 6.79. The molecule has 2 N–H and O–H groups in total. The van der Waals surface area contributed by atoms with Gasteiger partial charge in [-0.1, -0.05) is 24.9 Å². The number of rotatable bonds is 8. The van der Waals surface area contributed by atoms with Crippen molar-refractivity contribution in [3.63, 3.8) is 0 Å². The van der Waals surface area contributed by atoms with Gasteiger partial charge in [-0.3, -0.25) is 0 Å². The summed E-state index contributed by atoms with van der Waals surface area (Å²) in [7, 11) is -3.88. The average molecular weight is 344 g/mol. The number of hydrogen-bond donors (Lipinski definition) is 2. The van der Waals surface area contributed by atoms with Crippen LogP contribution in [0.4, 0.5) is 8.78 Å². The Labute approximate surface area is 126 Å². The molecule has 0 saturated heterocycles. The molecule has 0 aliphatic carbocycles. The monoisotopic (exact) mass is 343 g/mol. The minimum atomic E-state index is -3.88. The summed E-state index contributed by atoms with van der Waals surface area (Å²) in [5, 5.41) is 9.26. The highest BCUT2D eigenvalue weighted by Gasteiger charge is 2.18. The van der Waals surface area contributed by atoms with Crippen molar-refractivity contribution >= 4 is 21.6 Å². The molecule has 1 aromatic rings. The fourth-order valence-corrected chi connectivity index (χ4v) is 2.95. The highest BCUT2D eigenvalue weighted by molar-refractivity contribution is 7.89. The molecule has 1 unspecified atom stereocenters. The van der Waals surface area contributed by atoms with Gasteiger partial charge in [-0.05, 0) is 24.6 Å². The number of nitrogens with one attached hydrogen (secondary N) is 1. The predicted octanol–water partition coefficient (Wildman–Crippen LogP) is 2.38. The summed E-state index contributed by atoms with van der Waals surface area (Å²) in [6.45, 7) is -1.32. The first kappa shape index (κ1) is 18.1. The van der Waals surface area contributed by atoms with Crippen LogP contribution in [0.5, 0.6) is 5.75 Å². The van der Waals surface area contributed by atoms with E-state index in [9.17, 15) is 22.3 Å². The van der Waals surface area contributed by atoms with Gasteiger partial charge in [-0.2, -0.15) is 8.78 Å². The number of aliphatic hydroxyl groups is 1. The normalized spacial score (nSPS) is 13.4. The highest BCUT2D eigenvalue weighted by Crippen LogP contribution is 2.28. The summed E-state index contributed by atoms with van der Waals surface area (Å²) in [6, 6.07) is 3.15. The molecule has 0 spiro atoms. The number of benzene rings is 1. The lowest BCUT2D eigenvalue weighted by Gasteiger charge is -2.12. The Morgan fingerprint density at radius 3 is 2.62 bits per heavy atom. The fraction of sp³-hybridized carbons (Fsp3) is 0.500. The van der Waals surface area contributed by atoms with Crippen LogP contribution in [-0.2, 0) is 10.0 Å². The molecular formula is C12H16ClF2NO4S. The molecule has 5 nitrogen and oxygen atoms in total. The fourth-order valence-electron chi connectivity index (χ4n) is 1.56. The maximum atomic E-state index is 12.1. The lowest BCUT2D eigenvalue weighted by molar-refractivity contribution is -0.0498. The minimum Gasteiger partial charge on any atom is -0.433 e. The second-order valence-electron chi connectivity index (χ2n) is 4.27. The summed E-state index contributed by atoms with van der Waals surface area (Å²) >= 11 is 5.69. The van der Waals surface area contributed by atoms with Crippen LogP contribution in [0, 0.1) is 0 Å². The van der Waals surface area contributed by atoms with Gasteiger partial charge >= 0.3 is 6.61 Å². The molecule has 0 aliphatic rings. The third-order valence-corrected chi connectivity index (χ3v) is 4.28. The van der Waals surface area contributed by atoms with Crippen molar-refractivity contribution in [3.8, 4) is 5.75 Å². The number of sulfonamides is 1. The lowest BCUT2D eigenvalue weighted by atomic mass is 10.2. The van der Waals surface area contributed by atoms with E-state index in [0.717, 1.165) is 18.2 Å². The molecular weight excluding hydrogens is 328 g/mol. The highest BCUT2D eigenvalue weighted by atomic mass is 35.5. The van der Waals surface area contributed by atoms with Crippen LogP contribution in [0.1, 0.15) is 19.8 Å². The topological polar surface area (TPSA) is 75.6 Å². The number of ether oxygens (including phenoxy) is 1. The second-order valence-corrected chi connectivity index (χ2v) is 6.44. The van der Waals surface area contributed by atoms with E-state index in [1.54, 1.807) is 0 Å². The van der Waals surface area contributed by atoms with Crippen LogP contribution in [-0.4, -0.2) is 32.8 Å². The first-order valence-electron chi connectivity index (χ1n) is 6.18. The quantitative estimate of drug-likeness (QED) is 0.760. The molecule has 0 bridgehead atoms. The summed E-state index contributed by atoms with van der Waals surface area (Å²) in [6.07, 6.45) is 0.389. The molecule has 1 rings (SSSR count). The summed E-state index contributed by atoms with van der Waals surface area (Å²) in [5.41, 5.74) is 0. The van der Waals surface area contributed by atoms with E-state index < -0.39 is 22.7 Å². The molecule has 0 aromatic heterocycles. The van der Waals surface area contributed by atoms with Crippen molar-refractivity contribution in [2.75, 3.05) is 6.54 Å². The van der Waals surface area contributed by atoms with Crippen molar-refractivity contribution in [1.82, 2.24) is 4.72 Å². The van der Waals surface area contributed by atoms with E-state index in [0.29, 0.717) is 12.8 Å². The van der Waals surface area contributed by atoms with Gasteiger partial charge in [0.2, 0.25) is 10.0 Å². The molecule has 1 atom stereocenters. The van der Waals surface area contributed by atoms with E-state index in [2.05, 4.69) is 9.46 Å². The van der Waals surface area contributed by atoms with Crippen molar-refractivity contribution < 1.29 is 27.0 Å². The van der Waals surface area contributed by atoms with Gasteiger partial charge in [0.05, 0.1) is 16.0 Å². The molecule has 21 heavy (non-hydrogen) atoms. The van der Waals surface area contributed by atoms with Crippen LogP contribution in [0.15, 0.2) is 23.1 Å². The first-order chi connectivity index (χ1) is 9.76. The smallest absolute Gasteiger partial charge is 0.387 e. The van der Waals surface area contributed by atoms with E-state index in [-0.39, 0.29) is 22.2 Å². The zero-order valence-electron chi connectivity index (χ0n) is 11.2. The van der Waals surface area contributed by atoms with Crippen molar-refractivity contribution in [2.45, 2.75) is 37.4 Å². The van der Waals surface area contributed by atoms with Crippen LogP contribution in [0.3, 0.4) is 0 Å². The van der Waals surface area contributed by atoms with Crippen molar-refractivity contribution in [2.24, 2.45) is 0 Å². The Morgan fingerprint density at radius 2 is 2.10 bits per heavy atom. The zero-order valence-corrected chi connectivity index (χ0v) is 12.8. The number of halogens is 3. The lowest BCUT2D eigenvalue weighted by Crippen LogP contribution is -2.32. The Morgan fingerprint density at radius 1 is 1.43 bits per heavy atom. The average Bonchev–Trinajstić information content (AvgIpc) is 2.39. The van der Waals surface area contributed by atoms with Gasteiger partial charge in [-0.25, -0.2) is 13.1 Å². The van der Waals surface area contributed by atoms with E-state index in [1.165, 1.54) is 0 Å². The van der Waals surface area contributed by atoms with Gasteiger partial charge in [0.25, 0.3) is 0 Å². The first-order valence-corrected chi connectivity index (χ1v) is 8.04. The predicted molar refractivity (Wildman–Crippen MR) is 74.2 cm³/mol. The second kappa shape index (κ2) is 7.88. The largest absolute Gasteiger partial charge is 0.433 e. The Balaban J connectivity index is 2.82. The molecule has 0 radical (unpaired) electrons. The van der Waals surface area contributed by atoms with E-state index >= 15 is 0 Å². The molecule has 1 aromatic carbocycles. The van der Waals surface area contributed by atoms with Crippen LogP contribution < -0.4 is 9.46 Å². The van der Waals surface area contributed by atoms with Crippen LogP contribution >= 0.6 is 11.6 Å². The summed E-state index contributed by atoms with van der Waals surface area (Å²) in [4.78, 5) is -0.196. The Hall–Kier alpha value is -0.960. The third kappa shape index (κ3) is 5.74. The molecule has 0 amide bonds. The summed E-state index contributed by atoms with van der Waals surface area (Å²) in [5.74, 6) is -0.309. The van der Waals surface area contributed by atoms with Gasteiger partial charge in [0.15, 0.2) is 0 Å². The van der Waals surface area contributed by atoms with Gasteiger partial charge < -0.3 is 9.84 Å². The van der Waals surface area contributed by atoms with Crippen molar-refractivity contribution in [1.29, 1.82) is 0 Å². The minimum absolute atomic E-state index is 0.136. The SMILES string of the molecule is CCCC(O)CNS(=O)(=O)c1ccc(OC(F)F)c(Cl)c1. The Bertz CT molecular complexity index is 568. The van der Waals surface area contributed by atoms with E-state index in [1.807, 2.05) is 6.92 Å². The standard InChI is InChI=1S/C12H16ClF2NO4S/c1-2-3-8(17)7-16-21(18,19)9-4-5-11(10(13)6-9)20-12(14)15/h4-6,8,12,16-17H,2-3,7H2,1H3. The number of aliphatic hydroxyl groups excluding tert-OH is 1. The molecule has 9 heteroatoms. The maximum absolute atomic E-state index is 12.1. The molecule has 0 heterocycles. The number of hydrogen-bond acceptors (Lipinski definition) is 4. The maximum Gasteiger partial charge on any atom is 0.387 e. The van der Waals surface area contributed by atoms with Crippen LogP contribution in [0.2, 0.25) is 5.02 Å². The number of alkyl halides is 2. The summed E-state index contributed by atoms with van der Waals surface area (Å²) < 4.78 is 54.4. The van der Waals surface area contributed by atoms with Gasteiger partial charge in [-0.15, -0.1) is 0 Å². The van der Waals surface area contributed by atoms with Crippen LogP contribution in [0.25, 0.3) is 0 Å². The molecule has 0 aliphatic heterocycles. The van der Waals surface area contributed by atoms with Gasteiger partial charge in [0.1, 0.15) is 5.75 Å². The molecule has 0 saturated carbocycles. The third-order valence-electron chi connectivity index (χ3n) is 2.56. The van der Waals surface area contributed by atoms with E-state index in [4.69, 9.17) is 11.6 Å². The zero-order chi connectivity index (χ0) is 16.0. The molecule has 120 valence electrons. The van der Waals surface area contributed by atoms with Gasteiger partial charge in [0, 0.05) is 6.54 Å². The van der Waals surface area contributed by atoms with Crippen molar-refractivity contribution in [3.05, 3.63) is 23.2 Å². The molecule has 0 fully saturated rings.